The van der Waals surface area contributed by atoms with Gasteiger partial charge in [0.1, 0.15) is 120 Å². The van der Waals surface area contributed by atoms with E-state index in [1.165, 1.54) is 42.0 Å². The Balaban J connectivity index is 0.000000149. The molecule has 4 aliphatic heterocycles. The first-order valence-electron chi connectivity index (χ1n) is 28.7. The van der Waals surface area contributed by atoms with Gasteiger partial charge >= 0.3 is 6.18 Å². The Hall–Kier alpha value is -9.84. The van der Waals surface area contributed by atoms with E-state index in [4.69, 9.17) is 46.8 Å². The van der Waals surface area contributed by atoms with Crippen LogP contribution < -0.4 is 41.8 Å². The highest BCUT2D eigenvalue weighted by Crippen LogP contribution is 2.51. The Kier molecular flexibility index (Phi) is 20.2. The maximum atomic E-state index is 13.5. The lowest BCUT2D eigenvalue weighted by Gasteiger charge is -2.23. The van der Waals surface area contributed by atoms with Crippen LogP contribution in [0.2, 0.25) is 0 Å². The number of aromatic nitrogens is 13. The molecule has 0 aromatic carbocycles. The molecule has 0 radical (unpaired) electrons. The molecule has 4 saturated heterocycles. The third kappa shape index (κ3) is 12.2. The summed E-state index contributed by atoms with van der Waals surface area (Å²) in [5.41, 5.74) is 27.2. The van der Waals surface area contributed by atoms with Crippen molar-refractivity contribution in [2.75, 3.05) is 32.2 Å². The second kappa shape index (κ2) is 27.6. The number of pyridine rings is 3. The van der Waals surface area contributed by atoms with Crippen molar-refractivity contribution in [3.05, 3.63) is 98.7 Å². The van der Waals surface area contributed by atoms with Gasteiger partial charge in [-0.15, -0.1) is 0 Å². The first-order valence-corrected chi connectivity index (χ1v) is 28.7. The Morgan fingerprint density at radius 1 is 0.558 bits per heavy atom. The van der Waals surface area contributed by atoms with E-state index < -0.39 is 128 Å². The Bertz CT molecular complexity index is 4500. The number of nitrogens with one attached hydrogen (secondary N) is 7. The van der Waals surface area contributed by atoms with Gasteiger partial charge in [-0.3, -0.25) is 32.7 Å². The summed E-state index contributed by atoms with van der Waals surface area (Å²) in [4.78, 5) is 79.7. The molecule has 95 heavy (non-hydrogen) atoms. The molecule has 0 saturated carbocycles. The van der Waals surface area contributed by atoms with Crippen molar-refractivity contribution in [3.8, 4) is 0 Å². The fraction of sp³-hybridized carbons (Fsp3) is 0.549. The lowest BCUT2D eigenvalue weighted by Crippen LogP contribution is -2.46. The number of anilines is 1. The van der Waals surface area contributed by atoms with E-state index in [1.807, 2.05) is 20.8 Å². The van der Waals surface area contributed by atoms with Crippen molar-refractivity contribution in [3.63, 3.8) is 0 Å². The molecule has 0 aliphatic carbocycles. The minimum atomic E-state index is -4.94. The largest absolute Gasteiger partial charge is 0.398 e. The standard InChI is InChI=1S/C13H17N7O4.C13H18N7O3.C13H16N6O4.C12H11F3N6O4/c1-3-7-9(22)13(4-21,18-19-14)24-12(7)20-5-15-8-10(20)16-6(2)17-11(8)23;1-2-7-10(22)13(5-21,18-19-15)23-12(7)20-6-17-9-8(14)3-4-16-11(9)20;1-2-7-10(22)13(5-20,17-18-14)23-12(7)19-6-16-9-8(21)3-4-15-11(9)19;13-12(14,15)6-8(24)11(3-22,19-20-16)25-10(6)21-4-18-7-5(23)1-2-17-9(7)21/h5,7,9,12,14,21-22H,3-4H2,1-2H3;3-4,6-7,10,12,15,21-22H,2,5H2,1H3,(H2,14,16);3-4,6-7,10,12,14,20,22H,2,5H2,1H3;1-2,4,6,8,10,16,22,24H,3H2/q;+1;;/p+3/t7-,9-,12+,13+;2*7-,10-,12+,13+;6-,8-,10+,11+/m0000/s1. The number of nitrogens with two attached hydrogens (primary N) is 1. The van der Waals surface area contributed by atoms with Gasteiger partial charge in [0.2, 0.25) is 30.5 Å². The Labute approximate surface area is 527 Å². The number of fused-ring (bicyclic) bond motifs is 4. The minimum absolute atomic E-state index is 0.0597. The molecule has 8 aromatic rings. The van der Waals surface area contributed by atoms with E-state index in [0.29, 0.717) is 53.2 Å². The van der Waals surface area contributed by atoms with Crippen LogP contribution in [0, 0.1) is 52.7 Å². The number of nitrogens with zero attached hydrogens (tertiary/aromatic N) is 18. The van der Waals surface area contributed by atoms with Crippen LogP contribution >= 0.6 is 0 Å². The fourth-order valence-corrected chi connectivity index (χ4v) is 12.0. The van der Waals surface area contributed by atoms with Crippen molar-refractivity contribution < 1.29 is 73.0 Å². The van der Waals surface area contributed by atoms with Crippen molar-refractivity contribution in [1.82, 2.24) is 82.8 Å². The van der Waals surface area contributed by atoms with Crippen LogP contribution in [0.1, 0.15) is 70.8 Å². The molecule has 4 fully saturated rings. The molecule has 0 spiro atoms. The van der Waals surface area contributed by atoms with Gasteiger partial charge in [0.05, 0.1) is 31.0 Å². The number of H-pyrrole nitrogens is 3. The summed E-state index contributed by atoms with van der Waals surface area (Å²) in [7, 11) is 0. The molecule has 16 atom stereocenters. The summed E-state index contributed by atoms with van der Waals surface area (Å²) in [6.45, 7) is 4.25. The number of aryl methyl sites for hydroxylation is 1. The smallest absolute Gasteiger partial charge is 0.397 e. The lowest BCUT2D eigenvalue weighted by molar-refractivity contribution is -0.210. The molecule has 0 unspecified atom stereocenters. The summed E-state index contributed by atoms with van der Waals surface area (Å²) in [6, 6.07) is 4.17. The lowest BCUT2D eigenvalue weighted by atomic mass is 9.94. The molecule has 41 nitrogen and oxygen atoms in total. The van der Waals surface area contributed by atoms with Crippen molar-refractivity contribution in [2.24, 2.45) is 44.1 Å². The summed E-state index contributed by atoms with van der Waals surface area (Å²) in [5.74, 6) is -3.35. The van der Waals surface area contributed by atoms with Gasteiger partial charge in [0.25, 0.3) is 28.5 Å². The average Bonchev–Trinajstić information content (AvgIpc) is 1.61. The van der Waals surface area contributed by atoms with E-state index in [9.17, 15) is 68.4 Å². The number of alkyl halides is 3. The number of nitrogen functional groups attached to an aromatic ring is 1. The van der Waals surface area contributed by atoms with Crippen LogP contribution in [0.5, 0.6) is 0 Å². The molecule has 12 rings (SSSR count). The average molecular weight is 1340 g/mol. The molecule has 17 N–H and O–H groups in total. The highest BCUT2D eigenvalue weighted by atomic mass is 19.4. The van der Waals surface area contributed by atoms with Crippen molar-refractivity contribution in [2.45, 2.75) is 125 Å². The van der Waals surface area contributed by atoms with Crippen LogP contribution in [0.25, 0.3) is 44.7 Å². The van der Waals surface area contributed by atoms with E-state index in [1.54, 1.807) is 28.3 Å². The second-order valence-corrected chi connectivity index (χ2v) is 22.0. The monoisotopic (exact) mass is 1340 g/mol. The number of aromatic amines is 3. The van der Waals surface area contributed by atoms with Gasteiger partial charge in [0, 0.05) is 48.5 Å². The van der Waals surface area contributed by atoms with Gasteiger partial charge in [0.15, 0.2) is 54.5 Å². The van der Waals surface area contributed by atoms with Gasteiger partial charge in [-0.1, -0.05) is 20.8 Å². The van der Waals surface area contributed by atoms with Crippen LogP contribution in [0.15, 0.2) is 96.9 Å². The van der Waals surface area contributed by atoms with Crippen LogP contribution in [-0.2, 0) is 18.9 Å². The zero-order chi connectivity index (χ0) is 69.1. The minimum Gasteiger partial charge on any atom is -0.397 e. The van der Waals surface area contributed by atoms with Gasteiger partial charge in [-0.2, -0.15) is 13.2 Å². The molecule has 12 heterocycles. The van der Waals surface area contributed by atoms with E-state index in [0.717, 1.165) is 17.0 Å². The fourth-order valence-electron chi connectivity index (χ4n) is 12.0. The summed E-state index contributed by atoms with van der Waals surface area (Å²) >= 11 is 0. The normalized spacial score (nSPS) is 30.1. The van der Waals surface area contributed by atoms with E-state index in [2.05, 4.69) is 85.0 Å². The number of aliphatic hydroxyl groups is 8. The van der Waals surface area contributed by atoms with Gasteiger partial charge in [-0.05, 0) is 32.3 Å². The van der Waals surface area contributed by atoms with Gasteiger partial charge < -0.3 is 80.5 Å². The molecular formula is C51H65F3N26O15+4. The number of imidazole rings is 4. The number of hydrogen-bond acceptors (Lipinski definition) is 30. The Morgan fingerprint density at radius 3 is 1.34 bits per heavy atom. The van der Waals surface area contributed by atoms with Crippen LogP contribution in [0.3, 0.4) is 0 Å². The van der Waals surface area contributed by atoms with E-state index >= 15 is 0 Å². The maximum Gasteiger partial charge on any atom is 0.398 e. The van der Waals surface area contributed by atoms with Gasteiger partial charge in [-0.25, -0.2) is 29.9 Å². The molecule has 0 bridgehead atoms. The highest BCUT2D eigenvalue weighted by molar-refractivity contribution is 5.83. The first-order chi connectivity index (χ1) is 45.4. The quantitative estimate of drug-likeness (QED) is 0.0461. The van der Waals surface area contributed by atoms with Crippen LogP contribution in [-0.4, -0.2) is 184 Å². The summed E-state index contributed by atoms with van der Waals surface area (Å²) in [5, 5.41) is 93.8. The van der Waals surface area contributed by atoms with Crippen molar-refractivity contribution in [1.29, 1.82) is 22.1 Å². The number of ether oxygens (including phenoxy) is 4. The summed E-state index contributed by atoms with van der Waals surface area (Å²) < 4.78 is 68.7. The predicted octanol–water partition coefficient (Wildman–Crippen LogP) is -0.337. The van der Waals surface area contributed by atoms with Crippen molar-refractivity contribution >= 4 is 50.3 Å². The topological polar surface area (TPSA) is 622 Å². The molecule has 8 aromatic heterocycles. The SMILES string of the molecule is CC[C@@H]1[C@H](n2cnc3c(=O)[nH]c(C)nc32)O[C@@](CO)(N=[N+]=N)[C@H]1O.CC[C@@H]1[C@H](n2cnc3c(=O)cc[nH]c32)O[C@@](CO)(N=[N+]=N)[C@H]1O.CC[C@@H]1[C@H](n2cnc3c(N)ccnc32)O[C@@](CO)(N=[N+]=N)[C@H]1O.N=[N+]=N[C@]1(CO)O[C@@H](n2cnc3c(=O)cc[nH]c32)[C@@H](C(F)(F)F)[C@@H]1O. The summed E-state index contributed by atoms with van der Waals surface area (Å²) in [6.07, 6.45) is -3.55. The zero-order valence-corrected chi connectivity index (χ0v) is 50.3. The molecule has 44 heteroatoms. The molecule has 506 valence electrons. The maximum absolute atomic E-state index is 13.5. The number of hydrogen-bond donors (Lipinski definition) is 16. The third-order valence-electron chi connectivity index (χ3n) is 16.8. The third-order valence-corrected chi connectivity index (χ3v) is 16.8. The zero-order valence-electron chi connectivity index (χ0n) is 50.3. The van der Waals surface area contributed by atoms with Crippen LogP contribution in [0.4, 0.5) is 18.9 Å². The molecular weight excluding hydrogens is 1270 g/mol. The first kappa shape index (κ1) is 69.5. The Morgan fingerprint density at radius 2 is 0.926 bits per heavy atom. The number of halogens is 3. The number of aliphatic hydroxyl groups excluding tert-OH is 8. The second-order valence-electron chi connectivity index (χ2n) is 22.0. The van der Waals surface area contributed by atoms with E-state index in [-0.39, 0.29) is 39.1 Å². The number of rotatable bonds is 15. The molecule has 0 amide bonds. The molecule has 4 aliphatic rings. The predicted molar refractivity (Wildman–Crippen MR) is 309 cm³/mol. The highest BCUT2D eigenvalue weighted by Gasteiger charge is 2.68.